The topological polar surface area (TPSA) is 121 Å². The summed E-state index contributed by atoms with van der Waals surface area (Å²) in [5.74, 6) is -0.168. The zero-order valence-corrected chi connectivity index (χ0v) is 43.7. The van der Waals surface area contributed by atoms with Gasteiger partial charge in [-0.15, -0.1) is 0 Å². The van der Waals surface area contributed by atoms with Gasteiger partial charge in [-0.05, 0) is 198 Å². The molecule has 0 amide bonds. The SMILES string of the molecule is C=C(C)C(=O)OCCCc1ccc(N(c2ccc(CCCOC(=O)C(=C)C)cc2)c2ccc(Oc3ccc(N(c4ccc(CCCOC(=O)C(=C)C)cc4)c4ccc(CCCOC(=O)C(=C)C)cc4)cc3)cc2)cc1. The zero-order valence-electron chi connectivity index (χ0n) is 43.7. The highest BCUT2D eigenvalue weighted by Gasteiger charge is 2.17. The number of carbonyl (C=O) groups is 4. The van der Waals surface area contributed by atoms with Crippen molar-refractivity contribution in [3.8, 4) is 11.5 Å². The Morgan fingerprint density at radius 1 is 0.320 bits per heavy atom. The molecule has 0 unspecified atom stereocenters. The average Bonchev–Trinajstić information content (AvgIpc) is 3.41. The number of nitrogens with zero attached hydrogens (tertiary/aromatic N) is 2. The van der Waals surface area contributed by atoms with Crippen molar-refractivity contribution in [2.45, 2.75) is 79.1 Å². The minimum atomic E-state index is -0.377. The molecular formula is C64H68N2O9. The number of anilines is 6. The molecule has 0 aliphatic heterocycles. The molecule has 0 aliphatic rings. The van der Waals surface area contributed by atoms with Crippen molar-refractivity contribution in [2.75, 3.05) is 36.2 Å². The van der Waals surface area contributed by atoms with E-state index in [0.29, 0.717) is 85.9 Å². The van der Waals surface area contributed by atoms with Crippen LogP contribution in [0.1, 0.15) is 75.6 Å². The maximum atomic E-state index is 11.9. The van der Waals surface area contributed by atoms with Crippen molar-refractivity contribution in [2.24, 2.45) is 0 Å². The third-order valence-electron chi connectivity index (χ3n) is 12.0. The van der Waals surface area contributed by atoms with E-state index < -0.39 is 0 Å². The fourth-order valence-electron chi connectivity index (χ4n) is 7.86. The Hall–Kier alpha value is -8.44. The fraction of sp³-hybridized carbons (Fsp3) is 0.250. The standard InChI is InChI=1S/C64H68N2O9/c1-45(2)61(67)71-41-9-13-49-17-25-53(26-18-49)65(54-27-19-50(20-28-54)14-10-42-72-62(68)46(3)4)57-33-37-59(38-34-57)75-60-39-35-58(36-40-60)66(55-29-21-51(22-30-55)15-11-43-73-63(69)47(5)6)56-31-23-52(24-32-56)16-12-44-74-64(70)48(7)8/h17-40H,1,3,5,7,9-16,41-44H2,2,4,6,8H3. The predicted molar refractivity (Wildman–Crippen MR) is 299 cm³/mol. The van der Waals surface area contributed by atoms with Gasteiger partial charge in [0.1, 0.15) is 11.5 Å². The highest BCUT2D eigenvalue weighted by atomic mass is 16.5. The number of esters is 4. The van der Waals surface area contributed by atoms with Gasteiger partial charge in [0.25, 0.3) is 0 Å². The van der Waals surface area contributed by atoms with Crippen molar-refractivity contribution in [3.63, 3.8) is 0 Å². The molecule has 0 atom stereocenters. The van der Waals surface area contributed by atoms with Crippen LogP contribution in [0.2, 0.25) is 0 Å². The lowest BCUT2D eigenvalue weighted by Crippen LogP contribution is -2.10. The average molecular weight is 1010 g/mol. The third kappa shape index (κ3) is 17.3. The molecule has 6 aromatic carbocycles. The van der Waals surface area contributed by atoms with Gasteiger partial charge in [0.15, 0.2) is 0 Å². The molecule has 0 spiro atoms. The Kier molecular flexibility index (Phi) is 21.0. The van der Waals surface area contributed by atoms with Gasteiger partial charge in [-0.2, -0.15) is 0 Å². The van der Waals surface area contributed by atoms with Crippen LogP contribution in [-0.2, 0) is 63.8 Å². The van der Waals surface area contributed by atoms with Crippen LogP contribution < -0.4 is 14.5 Å². The van der Waals surface area contributed by atoms with Gasteiger partial charge < -0.3 is 33.5 Å². The van der Waals surface area contributed by atoms with E-state index in [1.165, 1.54) is 0 Å². The molecule has 0 fully saturated rings. The quantitative estimate of drug-likeness (QED) is 0.0202. The van der Waals surface area contributed by atoms with Crippen LogP contribution in [0.25, 0.3) is 0 Å². The van der Waals surface area contributed by atoms with Crippen LogP contribution in [0.4, 0.5) is 34.1 Å². The molecule has 388 valence electrons. The van der Waals surface area contributed by atoms with E-state index in [-0.39, 0.29) is 23.9 Å². The predicted octanol–water partition coefficient (Wildman–Crippen LogP) is 14.6. The minimum absolute atomic E-state index is 0.324. The Bertz CT molecular complexity index is 2550. The van der Waals surface area contributed by atoms with Crippen LogP contribution in [0.3, 0.4) is 0 Å². The normalized spacial score (nSPS) is 10.7. The van der Waals surface area contributed by atoms with Crippen molar-refractivity contribution in [1.82, 2.24) is 0 Å². The highest BCUT2D eigenvalue weighted by Crippen LogP contribution is 2.39. The second-order valence-corrected chi connectivity index (χ2v) is 18.5. The largest absolute Gasteiger partial charge is 0.462 e. The van der Waals surface area contributed by atoms with Crippen molar-refractivity contribution in [1.29, 1.82) is 0 Å². The van der Waals surface area contributed by atoms with Crippen LogP contribution in [0.15, 0.2) is 194 Å². The van der Waals surface area contributed by atoms with Crippen molar-refractivity contribution < 1.29 is 42.9 Å². The molecular weight excluding hydrogens is 941 g/mol. The van der Waals surface area contributed by atoms with Gasteiger partial charge in [0, 0.05) is 56.4 Å². The van der Waals surface area contributed by atoms with Crippen LogP contribution in [0, 0.1) is 0 Å². The lowest BCUT2D eigenvalue weighted by atomic mass is 10.1. The molecule has 0 aliphatic carbocycles. The summed E-state index contributed by atoms with van der Waals surface area (Å²) in [6.07, 6.45) is 5.79. The van der Waals surface area contributed by atoms with E-state index in [1.807, 2.05) is 48.5 Å². The maximum absolute atomic E-state index is 11.9. The Labute approximate surface area is 442 Å². The first-order chi connectivity index (χ1) is 36.1. The monoisotopic (exact) mass is 1010 g/mol. The summed E-state index contributed by atoms with van der Waals surface area (Å²) in [4.78, 5) is 51.8. The molecule has 75 heavy (non-hydrogen) atoms. The highest BCUT2D eigenvalue weighted by molar-refractivity contribution is 5.88. The summed E-state index contributed by atoms with van der Waals surface area (Å²) in [6, 6.07) is 49.5. The van der Waals surface area contributed by atoms with Gasteiger partial charge in [0.05, 0.1) is 26.4 Å². The first-order valence-electron chi connectivity index (χ1n) is 25.3. The van der Waals surface area contributed by atoms with Crippen LogP contribution in [0.5, 0.6) is 11.5 Å². The smallest absolute Gasteiger partial charge is 0.333 e. The second kappa shape index (κ2) is 28.1. The lowest BCUT2D eigenvalue weighted by Gasteiger charge is -2.26. The third-order valence-corrected chi connectivity index (χ3v) is 12.0. The molecule has 0 bridgehead atoms. The number of aryl methyl sites for hydroxylation is 4. The number of rotatable bonds is 28. The summed E-state index contributed by atoms with van der Waals surface area (Å²) in [5.41, 5.74) is 11.8. The molecule has 11 nitrogen and oxygen atoms in total. The lowest BCUT2D eigenvalue weighted by molar-refractivity contribution is -0.139. The molecule has 0 saturated carbocycles. The molecule has 0 radical (unpaired) electrons. The maximum Gasteiger partial charge on any atom is 0.333 e. The summed E-state index contributed by atoms with van der Waals surface area (Å²) in [6.45, 7) is 22.5. The van der Waals surface area contributed by atoms with Crippen LogP contribution in [-0.4, -0.2) is 50.3 Å². The summed E-state index contributed by atoms with van der Waals surface area (Å²) < 4.78 is 27.6. The first-order valence-corrected chi connectivity index (χ1v) is 25.3. The van der Waals surface area contributed by atoms with E-state index >= 15 is 0 Å². The molecule has 11 heteroatoms. The summed E-state index contributed by atoms with van der Waals surface area (Å²) >= 11 is 0. The minimum Gasteiger partial charge on any atom is -0.462 e. The Morgan fingerprint density at radius 3 is 0.693 bits per heavy atom. The molecule has 0 heterocycles. The fourth-order valence-corrected chi connectivity index (χ4v) is 7.86. The van der Waals surface area contributed by atoms with Gasteiger partial charge in [-0.25, -0.2) is 19.2 Å². The molecule has 6 rings (SSSR count). The van der Waals surface area contributed by atoms with E-state index in [1.54, 1.807) is 27.7 Å². The molecule has 0 saturated heterocycles. The van der Waals surface area contributed by atoms with Crippen molar-refractivity contribution in [3.05, 3.63) is 216 Å². The summed E-state index contributed by atoms with van der Waals surface area (Å²) in [7, 11) is 0. The number of ether oxygens (including phenoxy) is 5. The van der Waals surface area contributed by atoms with Gasteiger partial charge >= 0.3 is 23.9 Å². The van der Waals surface area contributed by atoms with Gasteiger partial charge in [-0.3, -0.25) is 0 Å². The van der Waals surface area contributed by atoms with Crippen molar-refractivity contribution >= 4 is 58.0 Å². The molecule has 0 aromatic heterocycles. The number of hydrogen-bond donors (Lipinski definition) is 0. The first kappa shape index (κ1) is 55.9. The number of benzene rings is 6. The van der Waals surface area contributed by atoms with E-state index in [4.69, 9.17) is 23.7 Å². The van der Waals surface area contributed by atoms with Gasteiger partial charge in [-0.1, -0.05) is 74.8 Å². The van der Waals surface area contributed by atoms with E-state index in [9.17, 15) is 19.2 Å². The van der Waals surface area contributed by atoms with E-state index in [2.05, 4.69) is 133 Å². The number of carbonyl (C=O) groups excluding carboxylic acids is 4. The number of hydrogen-bond acceptors (Lipinski definition) is 11. The molecule has 6 aromatic rings. The van der Waals surface area contributed by atoms with E-state index in [0.717, 1.165) is 82.1 Å². The Morgan fingerprint density at radius 2 is 0.507 bits per heavy atom. The zero-order chi connectivity index (χ0) is 53.7. The van der Waals surface area contributed by atoms with Gasteiger partial charge in [0.2, 0.25) is 0 Å². The summed E-state index contributed by atoms with van der Waals surface area (Å²) in [5, 5.41) is 0. The second-order valence-electron chi connectivity index (χ2n) is 18.5. The molecule has 0 N–H and O–H groups in total. The van der Waals surface area contributed by atoms with Crippen LogP contribution >= 0.6 is 0 Å². The Balaban J connectivity index is 1.18.